The van der Waals surface area contributed by atoms with Crippen LogP contribution in [0.3, 0.4) is 0 Å². The molecule has 1 fully saturated rings. The van der Waals surface area contributed by atoms with Gasteiger partial charge in [0.05, 0.1) is 6.54 Å². The van der Waals surface area contributed by atoms with Crippen LogP contribution in [0.2, 0.25) is 0 Å². The standard InChI is InChI=1S/C18H22BrN5O/c1-23(13-18(25)21-15-8-6-14(19)7-9-15)12-16-4-3-11-24(16)17-5-2-10-20-22-17/h2,5-10,16H,3-4,11-13H2,1H3,(H,21,25). The first kappa shape index (κ1) is 17.8. The molecule has 1 N–H and O–H groups in total. The molecule has 132 valence electrons. The van der Waals surface area contributed by atoms with Gasteiger partial charge in [0.25, 0.3) is 0 Å². The number of hydrogen-bond donors (Lipinski definition) is 1. The highest BCUT2D eigenvalue weighted by Crippen LogP contribution is 2.23. The van der Waals surface area contributed by atoms with Crippen LogP contribution in [-0.2, 0) is 4.79 Å². The zero-order chi connectivity index (χ0) is 17.6. The Morgan fingerprint density at radius 1 is 1.36 bits per heavy atom. The van der Waals surface area contributed by atoms with Gasteiger partial charge in [0.1, 0.15) is 0 Å². The number of aromatic nitrogens is 2. The SMILES string of the molecule is CN(CC(=O)Nc1ccc(Br)cc1)CC1CCCN1c1cccnn1. The van der Waals surface area contributed by atoms with Crippen molar-refractivity contribution in [3.63, 3.8) is 0 Å². The molecule has 2 heterocycles. The summed E-state index contributed by atoms with van der Waals surface area (Å²) in [6.45, 7) is 2.17. The lowest BCUT2D eigenvalue weighted by molar-refractivity contribution is -0.117. The molecule has 0 saturated carbocycles. The van der Waals surface area contributed by atoms with Crippen molar-refractivity contribution in [2.75, 3.05) is 36.9 Å². The first-order chi connectivity index (χ1) is 12.1. The van der Waals surface area contributed by atoms with Crippen molar-refractivity contribution in [1.82, 2.24) is 15.1 Å². The second-order valence-corrected chi connectivity index (χ2v) is 7.24. The predicted octanol–water partition coefficient (Wildman–Crippen LogP) is 2.78. The van der Waals surface area contributed by atoms with Crippen LogP contribution in [0.1, 0.15) is 12.8 Å². The first-order valence-corrected chi connectivity index (χ1v) is 9.19. The summed E-state index contributed by atoms with van der Waals surface area (Å²) >= 11 is 3.39. The van der Waals surface area contributed by atoms with Crippen LogP contribution < -0.4 is 10.2 Å². The van der Waals surface area contributed by atoms with Crippen LogP contribution in [0.4, 0.5) is 11.5 Å². The Kier molecular flexibility index (Phi) is 5.99. The van der Waals surface area contributed by atoms with Crippen LogP contribution in [-0.4, -0.2) is 53.7 Å². The smallest absolute Gasteiger partial charge is 0.238 e. The van der Waals surface area contributed by atoms with Gasteiger partial charge >= 0.3 is 0 Å². The molecule has 0 spiro atoms. The van der Waals surface area contributed by atoms with Crippen molar-refractivity contribution in [2.24, 2.45) is 0 Å². The van der Waals surface area contributed by atoms with Crippen LogP contribution in [0, 0.1) is 0 Å². The van der Waals surface area contributed by atoms with Crippen LogP contribution in [0.25, 0.3) is 0 Å². The maximum atomic E-state index is 12.2. The number of nitrogens with one attached hydrogen (secondary N) is 1. The van der Waals surface area contributed by atoms with Gasteiger partial charge in [-0.15, -0.1) is 5.10 Å². The average Bonchev–Trinajstić information content (AvgIpc) is 3.05. The number of hydrogen-bond acceptors (Lipinski definition) is 5. The minimum Gasteiger partial charge on any atom is -0.351 e. The number of anilines is 2. The largest absolute Gasteiger partial charge is 0.351 e. The van der Waals surface area contributed by atoms with Gasteiger partial charge in [-0.1, -0.05) is 15.9 Å². The van der Waals surface area contributed by atoms with E-state index in [1.807, 2.05) is 43.4 Å². The molecule has 1 aliphatic heterocycles. The second kappa shape index (κ2) is 8.40. The van der Waals surface area contributed by atoms with Crippen molar-refractivity contribution in [2.45, 2.75) is 18.9 Å². The fourth-order valence-corrected chi connectivity index (χ4v) is 3.44. The molecule has 7 heteroatoms. The molecule has 1 saturated heterocycles. The number of benzene rings is 1. The summed E-state index contributed by atoms with van der Waals surface area (Å²) in [5.41, 5.74) is 0.809. The summed E-state index contributed by atoms with van der Waals surface area (Å²) in [7, 11) is 1.98. The normalized spacial score (nSPS) is 17.1. The summed E-state index contributed by atoms with van der Waals surface area (Å²) in [6.07, 6.45) is 3.93. The zero-order valence-electron chi connectivity index (χ0n) is 14.2. The molecule has 0 bridgehead atoms. The minimum absolute atomic E-state index is 0.00567. The molecule has 25 heavy (non-hydrogen) atoms. The maximum Gasteiger partial charge on any atom is 0.238 e. The third-order valence-corrected chi connectivity index (χ3v) is 4.82. The Balaban J connectivity index is 1.52. The molecular weight excluding hydrogens is 382 g/mol. The van der Waals surface area contributed by atoms with Crippen molar-refractivity contribution in [1.29, 1.82) is 0 Å². The van der Waals surface area contributed by atoms with E-state index in [9.17, 15) is 4.79 Å². The molecule has 0 radical (unpaired) electrons. The number of amides is 1. The van der Waals surface area contributed by atoms with E-state index in [2.05, 4.69) is 41.2 Å². The van der Waals surface area contributed by atoms with Gasteiger partial charge in [0, 0.05) is 35.5 Å². The van der Waals surface area contributed by atoms with Crippen molar-refractivity contribution >= 4 is 33.3 Å². The Bertz CT molecular complexity index is 694. The molecule has 1 atom stereocenters. The molecule has 1 aliphatic rings. The van der Waals surface area contributed by atoms with Crippen LogP contribution >= 0.6 is 15.9 Å². The zero-order valence-corrected chi connectivity index (χ0v) is 15.8. The number of carbonyl (C=O) groups excluding carboxylic acids is 1. The van der Waals surface area contributed by atoms with Crippen molar-refractivity contribution in [3.05, 3.63) is 47.1 Å². The number of halogens is 1. The molecule has 1 aromatic heterocycles. The Labute approximate surface area is 156 Å². The van der Waals surface area contributed by atoms with Crippen LogP contribution in [0.5, 0.6) is 0 Å². The molecular formula is C18H22BrN5O. The highest BCUT2D eigenvalue weighted by atomic mass is 79.9. The summed E-state index contributed by atoms with van der Waals surface area (Å²) in [6, 6.07) is 11.9. The van der Waals surface area contributed by atoms with Gasteiger partial charge in [-0.2, -0.15) is 5.10 Å². The third kappa shape index (κ3) is 4.99. The summed E-state index contributed by atoms with van der Waals surface area (Å²) in [5, 5.41) is 11.1. The third-order valence-electron chi connectivity index (χ3n) is 4.29. The van der Waals surface area contributed by atoms with E-state index in [-0.39, 0.29) is 5.91 Å². The van der Waals surface area contributed by atoms with E-state index in [4.69, 9.17) is 0 Å². The molecule has 3 rings (SSSR count). The number of carbonyl (C=O) groups is 1. The van der Waals surface area contributed by atoms with E-state index in [0.717, 1.165) is 41.9 Å². The predicted molar refractivity (Wildman–Crippen MR) is 103 cm³/mol. The Morgan fingerprint density at radius 2 is 2.16 bits per heavy atom. The van der Waals surface area contributed by atoms with E-state index in [1.165, 1.54) is 0 Å². The monoisotopic (exact) mass is 403 g/mol. The van der Waals surface area contributed by atoms with Gasteiger partial charge in [0.15, 0.2) is 5.82 Å². The molecule has 0 aliphatic carbocycles. The van der Waals surface area contributed by atoms with E-state index >= 15 is 0 Å². The lowest BCUT2D eigenvalue weighted by atomic mass is 10.2. The van der Waals surface area contributed by atoms with Crippen LogP contribution in [0.15, 0.2) is 47.1 Å². The molecule has 6 nitrogen and oxygen atoms in total. The van der Waals surface area contributed by atoms with Gasteiger partial charge < -0.3 is 10.2 Å². The number of nitrogens with zero attached hydrogens (tertiary/aromatic N) is 4. The summed E-state index contributed by atoms with van der Waals surface area (Å²) < 4.78 is 0.993. The minimum atomic E-state index is -0.00567. The molecule has 1 amide bonds. The van der Waals surface area contributed by atoms with E-state index in [0.29, 0.717) is 12.6 Å². The molecule has 2 aromatic rings. The maximum absolute atomic E-state index is 12.2. The van der Waals surface area contributed by atoms with E-state index < -0.39 is 0 Å². The van der Waals surface area contributed by atoms with Gasteiger partial charge in [-0.3, -0.25) is 9.69 Å². The van der Waals surface area contributed by atoms with Crippen molar-refractivity contribution < 1.29 is 4.79 Å². The summed E-state index contributed by atoms with van der Waals surface area (Å²) in [5.74, 6) is 0.909. The first-order valence-electron chi connectivity index (χ1n) is 8.40. The van der Waals surface area contributed by atoms with Crippen molar-refractivity contribution in [3.8, 4) is 0 Å². The van der Waals surface area contributed by atoms with Gasteiger partial charge in [-0.05, 0) is 56.3 Å². The highest BCUT2D eigenvalue weighted by molar-refractivity contribution is 9.10. The lowest BCUT2D eigenvalue weighted by Gasteiger charge is -2.28. The number of rotatable bonds is 6. The number of likely N-dealkylation sites (N-methyl/N-ethyl adjacent to an activating group) is 1. The van der Waals surface area contributed by atoms with E-state index in [1.54, 1.807) is 6.20 Å². The Morgan fingerprint density at radius 3 is 2.88 bits per heavy atom. The molecule has 1 aromatic carbocycles. The molecule has 1 unspecified atom stereocenters. The lowest BCUT2D eigenvalue weighted by Crippen LogP contribution is -2.42. The quantitative estimate of drug-likeness (QED) is 0.803. The highest BCUT2D eigenvalue weighted by Gasteiger charge is 2.27. The fraction of sp³-hybridized carbons (Fsp3) is 0.389. The summed E-state index contributed by atoms with van der Waals surface area (Å²) in [4.78, 5) is 16.6. The van der Waals surface area contributed by atoms with Gasteiger partial charge in [0.2, 0.25) is 5.91 Å². The van der Waals surface area contributed by atoms with Gasteiger partial charge in [-0.25, -0.2) is 0 Å². The second-order valence-electron chi connectivity index (χ2n) is 6.32. The fourth-order valence-electron chi connectivity index (χ4n) is 3.18. The topological polar surface area (TPSA) is 61.4 Å². The Hall–Kier alpha value is -1.99. The average molecular weight is 404 g/mol.